The number of halogens is 1. The van der Waals surface area contributed by atoms with Crippen LogP contribution in [0.15, 0.2) is 53.1 Å². The summed E-state index contributed by atoms with van der Waals surface area (Å²) in [4.78, 5) is 35.2. The molecule has 3 aromatic rings. The van der Waals surface area contributed by atoms with Gasteiger partial charge < -0.3 is 26.2 Å². The van der Waals surface area contributed by atoms with Gasteiger partial charge in [-0.15, -0.1) is 0 Å². The molecular weight excluding hydrogens is 498 g/mol. The lowest BCUT2D eigenvalue weighted by atomic mass is 9.99. The Balaban J connectivity index is 1.51. The Morgan fingerprint density at radius 1 is 1.09 bits per heavy atom. The molecule has 4 rings (SSSR count). The normalized spacial score (nSPS) is 12.6. The van der Waals surface area contributed by atoms with Crippen LogP contribution < -0.4 is 21.3 Å². The minimum atomic E-state index is -0.188. The van der Waals surface area contributed by atoms with Crippen LogP contribution in [0.1, 0.15) is 21.5 Å². The van der Waals surface area contributed by atoms with E-state index in [1.54, 1.807) is 26.4 Å². The number of hydrogen-bond donors (Lipinski definition) is 4. The monoisotopic (exact) mass is 523 g/mol. The number of hydrogen-bond acceptors (Lipinski definition) is 7. The minimum Gasteiger partial charge on any atom is -0.355 e. The van der Waals surface area contributed by atoms with E-state index in [2.05, 4.69) is 53.2 Å². The van der Waals surface area contributed by atoms with Gasteiger partial charge in [-0.25, -0.2) is 4.98 Å². The first kappa shape index (κ1) is 23.7. The lowest BCUT2D eigenvalue weighted by molar-refractivity contribution is -0.131. The average molecular weight is 524 g/mol. The van der Waals surface area contributed by atoms with Gasteiger partial charge in [0.2, 0.25) is 11.9 Å². The molecule has 1 aliphatic heterocycles. The Bertz CT molecular complexity index is 1220. The standard InChI is InChI=1S/C24H26BrN7O2/c1-26-13-21(33)32-10-9-15-11-17(8-7-16(15)14-32)29-24-28-12-19(25)22(31-24)30-20-6-4-3-5-18(20)23(34)27-2/h3-8,11-12,26H,9-10,13-14H2,1-2H3,(H,27,34)(H2,28,29,30,31). The summed E-state index contributed by atoms with van der Waals surface area (Å²) in [7, 11) is 3.37. The Kier molecular flexibility index (Phi) is 7.39. The van der Waals surface area contributed by atoms with E-state index >= 15 is 0 Å². The topological polar surface area (TPSA) is 111 Å². The van der Waals surface area contributed by atoms with Crippen LogP contribution in [0, 0.1) is 0 Å². The Morgan fingerprint density at radius 2 is 1.91 bits per heavy atom. The number of rotatable bonds is 7. The van der Waals surface area contributed by atoms with Crippen molar-refractivity contribution in [2.75, 3.05) is 37.8 Å². The van der Waals surface area contributed by atoms with Crippen LogP contribution in [0.3, 0.4) is 0 Å². The van der Waals surface area contributed by atoms with Crippen molar-refractivity contribution in [1.29, 1.82) is 0 Å². The number of benzene rings is 2. The molecular formula is C24H26BrN7O2. The lowest BCUT2D eigenvalue weighted by Crippen LogP contribution is -2.40. The Morgan fingerprint density at radius 3 is 2.71 bits per heavy atom. The maximum atomic E-state index is 12.2. The molecule has 2 aromatic carbocycles. The molecule has 0 fully saturated rings. The molecule has 0 saturated carbocycles. The predicted octanol–water partition coefficient (Wildman–Crippen LogP) is 3.19. The number of fused-ring (bicyclic) bond motifs is 1. The molecule has 0 saturated heterocycles. The molecule has 9 nitrogen and oxygen atoms in total. The molecule has 1 aromatic heterocycles. The van der Waals surface area contributed by atoms with Gasteiger partial charge in [0.25, 0.3) is 5.91 Å². The fraction of sp³-hybridized carbons (Fsp3) is 0.250. The van der Waals surface area contributed by atoms with E-state index < -0.39 is 0 Å². The molecule has 0 atom stereocenters. The molecule has 0 radical (unpaired) electrons. The van der Waals surface area contributed by atoms with Crippen molar-refractivity contribution in [3.63, 3.8) is 0 Å². The molecule has 2 heterocycles. The highest BCUT2D eigenvalue weighted by molar-refractivity contribution is 9.10. The van der Waals surface area contributed by atoms with Crippen LogP contribution in [-0.4, -0.2) is 53.9 Å². The van der Waals surface area contributed by atoms with Crippen LogP contribution >= 0.6 is 15.9 Å². The largest absolute Gasteiger partial charge is 0.355 e. The van der Waals surface area contributed by atoms with Gasteiger partial charge in [-0.2, -0.15) is 4.98 Å². The van der Waals surface area contributed by atoms with E-state index in [0.717, 1.165) is 17.7 Å². The van der Waals surface area contributed by atoms with Crippen molar-refractivity contribution < 1.29 is 9.59 Å². The third-order valence-corrected chi connectivity index (χ3v) is 6.13. The SMILES string of the molecule is CNCC(=O)N1CCc2cc(Nc3ncc(Br)c(Nc4ccccc4C(=O)NC)n3)ccc2C1. The molecule has 10 heteroatoms. The van der Waals surface area contributed by atoms with E-state index in [9.17, 15) is 9.59 Å². The van der Waals surface area contributed by atoms with E-state index in [0.29, 0.717) is 47.1 Å². The summed E-state index contributed by atoms with van der Waals surface area (Å²) in [6, 6.07) is 13.3. The van der Waals surface area contributed by atoms with Crippen LogP contribution in [0.4, 0.5) is 23.1 Å². The number of carbonyl (C=O) groups excluding carboxylic acids is 2. The third-order valence-electron chi connectivity index (χ3n) is 5.55. The number of para-hydroxylation sites is 1. The second kappa shape index (κ2) is 10.6. The maximum Gasteiger partial charge on any atom is 0.253 e. The smallest absolute Gasteiger partial charge is 0.253 e. The summed E-state index contributed by atoms with van der Waals surface area (Å²) in [5.41, 5.74) is 4.37. The zero-order valence-electron chi connectivity index (χ0n) is 19.0. The quantitative estimate of drug-likeness (QED) is 0.376. The zero-order chi connectivity index (χ0) is 24.1. The second-order valence-corrected chi connectivity index (χ2v) is 8.70. The Labute approximate surface area is 206 Å². The van der Waals surface area contributed by atoms with E-state index in [1.165, 1.54) is 5.56 Å². The number of likely N-dealkylation sites (N-methyl/N-ethyl adjacent to an activating group) is 1. The van der Waals surface area contributed by atoms with Crippen molar-refractivity contribution in [3.05, 3.63) is 69.8 Å². The second-order valence-electron chi connectivity index (χ2n) is 7.84. The van der Waals surface area contributed by atoms with Gasteiger partial charge in [-0.3, -0.25) is 9.59 Å². The summed E-state index contributed by atoms with van der Waals surface area (Å²) < 4.78 is 0.668. The van der Waals surface area contributed by atoms with Gasteiger partial charge in [0.1, 0.15) is 5.82 Å². The number of carbonyl (C=O) groups is 2. The summed E-state index contributed by atoms with van der Waals surface area (Å²) in [6.45, 7) is 1.66. The zero-order valence-corrected chi connectivity index (χ0v) is 20.6. The lowest BCUT2D eigenvalue weighted by Gasteiger charge is -2.29. The van der Waals surface area contributed by atoms with Gasteiger partial charge in [-0.1, -0.05) is 18.2 Å². The third kappa shape index (κ3) is 5.35. The number of nitrogens with zero attached hydrogens (tertiary/aromatic N) is 3. The van der Waals surface area contributed by atoms with Crippen LogP contribution in [-0.2, 0) is 17.8 Å². The number of amides is 2. The summed E-state index contributed by atoms with van der Waals surface area (Å²) >= 11 is 3.48. The van der Waals surface area contributed by atoms with Gasteiger partial charge in [0, 0.05) is 32.0 Å². The fourth-order valence-corrected chi connectivity index (χ4v) is 4.09. The molecule has 1 aliphatic rings. The number of anilines is 4. The number of aromatic nitrogens is 2. The predicted molar refractivity (Wildman–Crippen MR) is 136 cm³/mol. The first-order valence-electron chi connectivity index (χ1n) is 10.9. The van der Waals surface area contributed by atoms with Crippen LogP contribution in [0.2, 0.25) is 0 Å². The van der Waals surface area contributed by atoms with Crippen molar-refractivity contribution in [2.45, 2.75) is 13.0 Å². The average Bonchev–Trinajstić information content (AvgIpc) is 2.85. The number of nitrogens with one attached hydrogen (secondary N) is 4. The molecule has 176 valence electrons. The van der Waals surface area contributed by atoms with Crippen molar-refractivity contribution in [1.82, 2.24) is 25.5 Å². The highest BCUT2D eigenvalue weighted by Gasteiger charge is 2.20. The van der Waals surface area contributed by atoms with E-state index in [1.807, 2.05) is 35.2 Å². The minimum absolute atomic E-state index is 0.108. The summed E-state index contributed by atoms with van der Waals surface area (Å²) in [5, 5.41) is 12.0. The first-order valence-corrected chi connectivity index (χ1v) is 11.7. The van der Waals surface area contributed by atoms with Crippen molar-refractivity contribution in [3.8, 4) is 0 Å². The van der Waals surface area contributed by atoms with Gasteiger partial charge >= 0.3 is 0 Å². The van der Waals surface area contributed by atoms with Crippen LogP contribution in [0.25, 0.3) is 0 Å². The summed E-state index contributed by atoms with van der Waals surface area (Å²) in [5.74, 6) is 0.874. The van der Waals surface area contributed by atoms with Crippen molar-refractivity contribution in [2.24, 2.45) is 0 Å². The van der Waals surface area contributed by atoms with E-state index in [-0.39, 0.29) is 11.8 Å². The molecule has 2 amide bonds. The highest BCUT2D eigenvalue weighted by atomic mass is 79.9. The van der Waals surface area contributed by atoms with Gasteiger partial charge in [0.15, 0.2) is 0 Å². The van der Waals surface area contributed by atoms with Crippen molar-refractivity contribution >= 4 is 50.9 Å². The van der Waals surface area contributed by atoms with Gasteiger partial charge in [-0.05, 0) is 64.8 Å². The Hall–Kier alpha value is -3.50. The molecule has 4 N–H and O–H groups in total. The highest BCUT2D eigenvalue weighted by Crippen LogP contribution is 2.28. The molecule has 0 spiro atoms. The molecule has 34 heavy (non-hydrogen) atoms. The van der Waals surface area contributed by atoms with Gasteiger partial charge in [0.05, 0.1) is 22.3 Å². The fourth-order valence-electron chi connectivity index (χ4n) is 3.80. The van der Waals surface area contributed by atoms with E-state index in [4.69, 9.17) is 0 Å². The van der Waals surface area contributed by atoms with Crippen LogP contribution in [0.5, 0.6) is 0 Å². The molecule has 0 unspecified atom stereocenters. The maximum absolute atomic E-state index is 12.2. The molecule has 0 aliphatic carbocycles. The first-order chi connectivity index (χ1) is 16.5. The summed E-state index contributed by atoms with van der Waals surface area (Å²) in [6.07, 6.45) is 2.45. The molecule has 0 bridgehead atoms.